The summed E-state index contributed by atoms with van der Waals surface area (Å²) in [5.41, 5.74) is 6.97. The largest absolute Gasteiger partial charge is 0.358 e. The van der Waals surface area contributed by atoms with Gasteiger partial charge in [0.15, 0.2) is 0 Å². The summed E-state index contributed by atoms with van der Waals surface area (Å²) in [5.74, 6) is 1.24. The summed E-state index contributed by atoms with van der Waals surface area (Å²) < 4.78 is 0. The van der Waals surface area contributed by atoms with Gasteiger partial charge in [0.2, 0.25) is 0 Å². The molecule has 3 aromatic rings. The Morgan fingerprint density at radius 1 is 1.04 bits per heavy atom. The van der Waals surface area contributed by atoms with Crippen molar-refractivity contribution < 1.29 is 0 Å². The molecule has 1 aliphatic carbocycles. The van der Waals surface area contributed by atoms with E-state index in [-0.39, 0.29) is 0 Å². The van der Waals surface area contributed by atoms with Crippen LogP contribution in [-0.4, -0.2) is 17.6 Å². The van der Waals surface area contributed by atoms with Crippen molar-refractivity contribution in [2.45, 2.75) is 38.1 Å². The van der Waals surface area contributed by atoms with Gasteiger partial charge in [-0.3, -0.25) is 0 Å². The molecular formula is C24H25ClN2. The third kappa shape index (κ3) is 3.11. The van der Waals surface area contributed by atoms with Crippen molar-refractivity contribution >= 4 is 28.1 Å². The van der Waals surface area contributed by atoms with Crippen molar-refractivity contribution in [3.63, 3.8) is 0 Å². The number of fused-ring (bicyclic) bond motifs is 3. The Bertz CT molecular complexity index is 1020. The van der Waals surface area contributed by atoms with E-state index in [1.54, 1.807) is 0 Å². The number of para-hydroxylation sites is 1. The number of hydrogen-bond acceptors (Lipinski definition) is 1. The van der Waals surface area contributed by atoms with Crippen LogP contribution in [-0.2, 0) is 6.42 Å². The number of H-pyrrole nitrogens is 1. The third-order valence-corrected chi connectivity index (χ3v) is 6.63. The van der Waals surface area contributed by atoms with E-state index in [1.165, 1.54) is 39.7 Å². The molecule has 0 saturated heterocycles. The highest BCUT2D eigenvalue weighted by Crippen LogP contribution is 2.41. The van der Waals surface area contributed by atoms with Gasteiger partial charge in [-0.15, -0.1) is 0 Å². The lowest BCUT2D eigenvalue weighted by Gasteiger charge is -2.36. The van der Waals surface area contributed by atoms with Crippen LogP contribution < -0.4 is 5.32 Å². The predicted octanol–water partition coefficient (Wildman–Crippen LogP) is 5.93. The van der Waals surface area contributed by atoms with Gasteiger partial charge in [0.1, 0.15) is 0 Å². The van der Waals surface area contributed by atoms with Crippen LogP contribution >= 0.6 is 11.6 Å². The molecule has 1 aromatic heterocycles. The molecule has 2 nitrogen and oxygen atoms in total. The Hall–Kier alpha value is -2.03. The lowest BCUT2D eigenvalue weighted by molar-refractivity contribution is 0.306. The summed E-state index contributed by atoms with van der Waals surface area (Å²) >= 11 is 6.22. The highest BCUT2D eigenvalue weighted by Gasteiger charge is 2.33. The number of hydrogen-bond donors (Lipinski definition) is 2. The van der Waals surface area contributed by atoms with Gasteiger partial charge in [-0.1, -0.05) is 54.9 Å². The topological polar surface area (TPSA) is 27.8 Å². The molecule has 0 spiro atoms. The first-order chi connectivity index (χ1) is 13.2. The number of aromatic nitrogens is 1. The fourth-order valence-corrected chi connectivity index (χ4v) is 5.26. The Morgan fingerprint density at radius 2 is 1.93 bits per heavy atom. The molecule has 138 valence electrons. The van der Waals surface area contributed by atoms with Gasteiger partial charge in [0, 0.05) is 34.2 Å². The van der Waals surface area contributed by atoms with E-state index in [0.29, 0.717) is 17.9 Å². The monoisotopic (exact) mass is 376 g/mol. The van der Waals surface area contributed by atoms with Crippen LogP contribution in [0.1, 0.15) is 42.5 Å². The lowest BCUT2D eigenvalue weighted by atomic mass is 9.74. The zero-order chi connectivity index (χ0) is 18.4. The number of rotatable bonds is 2. The average Bonchev–Trinajstić information content (AvgIpc) is 3.08. The Balaban J connectivity index is 1.42. The molecule has 0 bridgehead atoms. The van der Waals surface area contributed by atoms with E-state index in [2.05, 4.69) is 65.8 Å². The van der Waals surface area contributed by atoms with Crippen LogP contribution in [0.15, 0.2) is 54.6 Å². The maximum Gasteiger partial charge on any atom is 0.0459 e. The molecule has 0 amide bonds. The summed E-state index contributed by atoms with van der Waals surface area (Å²) in [7, 11) is 0. The van der Waals surface area contributed by atoms with E-state index < -0.39 is 0 Å². The molecule has 3 heteroatoms. The van der Waals surface area contributed by atoms with Crippen molar-refractivity contribution in [2.24, 2.45) is 5.92 Å². The second kappa shape index (κ2) is 6.85. The zero-order valence-electron chi connectivity index (χ0n) is 15.6. The van der Waals surface area contributed by atoms with E-state index in [4.69, 9.17) is 11.6 Å². The fourth-order valence-electron chi connectivity index (χ4n) is 5.07. The Morgan fingerprint density at radius 3 is 2.81 bits per heavy atom. The predicted molar refractivity (Wildman–Crippen MR) is 114 cm³/mol. The lowest BCUT2D eigenvalue weighted by Crippen LogP contribution is -2.41. The molecule has 1 aliphatic heterocycles. The van der Waals surface area contributed by atoms with Gasteiger partial charge >= 0.3 is 0 Å². The molecule has 2 N–H and O–H groups in total. The maximum absolute atomic E-state index is 6.22. The van der Waals surface area contributed by atoms with Crippen LogP contribution in [0.3, 0.4) is 0 Å². The second-order valence-corrected chi connectivity index (χ2v) is 8.56. The van der Waals surface area contributed by atoms with Crippen molar-refractivity contribution in [1.29, 1.82) is 0 Å². The van der Waals surface area contributed by atoms with Crippen molar-refractivity contribution in [3.05, 3.63) is 76.5 Å². The van der Waals surface area contributed by atoms with Crippen LogP contribution in [0.5, 0.6) is 0 Å². The molecule has 3 atom stereocenters. The summed E-state index contributed by atoms with van der Waals surface area (Å²) in [6.45, 7) is 3.31. The Kier molecular flexibility index (Phi) is 4.34. The van der Waals surface area contributed by atoms with Crippen molar-refractivity contribution in [1.82, 2.24) is 10.3 Å². The van der Waals surface area contributed by atoms with E-state index in [0.717, 1.165) is 24.4 Å². The van der Waals surface area contributed by atoms with Gasteiger partial charge in [0.25, 0.3) is 0 Å². The Labute approximate surface area is 165 Å². The smallest absolute Gasteiger partial charge is 0.0459 e. The van der Waals surface area contributed by atoms with Crippen molar-refractivity contribution in [3.8, 4) is 0 Å². The SMILES string of the molecule is CC1CC(C2CC(c3cccc(Cl)c3)=CCN2)Cc2c1[nH]c1ccccc21. The quantitative estimate of drug-likeness (QED) is 0.569. The first-order valence-electron chi connectivity index (χ1n) is 9.97. The van der Waals surface area contributed by atoms with Gasteiger partial charge in [-0.2, -0.15) is 0 Å². The minimum atomic E-state index is 0.522. The highest BCUT2D eigenvalue weighted by atomic mass is 35.5. The van der Waals surface area contributed by atoms with Gasteiger partial charge < -0.3 is 10.3 Å². The number of benzene rings is 2. The summed E-state index contributed by atoms with van der Waals surface area (Å²) in [5, 5.41) is 6.00. The first-order valence-corrected chi connectivity index (χ1v) is 10.3. The maximum atomic E-state index is 6.22. The first kappa shape index (κ1) is 17.1. The molecular weight excluding hydrogens is 352 g/mol. The van der Waals surface area contributed by atoms with Gasteiger partial charge in [-0.25, -0.2) is 0 Å². The summed E-state index contributed by atoms with van der Waals surface area (Å²) in [4.78, 5) is 3.68. The average molecular weight is 377 g/mol. The third-order valence-electron chi connectivity index (χ3n) is 6.39. The molecule has 0 saturated carbocycles. The van der Waals surface area contributed by atoms with Gasteiger partial charge in [-0.05, 0) is 66.0 Å². The standard InChI is InChI=1S/C24H25ClN2/c1-15-11-18(13-21-20-7-2-3-8-22(20)27-24(15)21)23-14-17(9-10-26-23)16-5-4-6-19(25)12-16/h2-9,12,15,18,23,26-27H,10-11,13-14H2,1H3. The van der Waals surface area contributed by atoms with Crippen LogP contribution in [0.25, 0.3) is 16.5 Å². The van der Waals surface area contributed by atoms with Gasteiger partial charge in [0.05, 0.1) is 0 Å². The minimum absolute atomic E-state index is 0.522. The highest BCUT2D eigenvalue weighted by molar-refractivity contribution is 6.30. The van der Waals surface area contributed by atoms with E-state index in [1.807, 2.05) is 6.07 Å². The molecule has 5 rings (SSSR count). The minimum Gasteiger partial charge on any atom is -0.358 e. The molecule has 0 fully saturated rings. The normalized spacial score (nSPS) is 25.3. The number of aromatic amines is 1. The van der Waals surface area contributed by atoms with Crippen molar-refractivity contribution in [2.75, 3.05) is 6.54 Å². The second-order valence-electron chi connectivity index (χ2n) is 8.12. The fraction of sp³-hybridized carbons (Fsp3) is 0.333. The summed E-state index contributed by atoms with van der Waals surface area (Å²) in [6, 6.07) is 17.6. The number of nitrogens with one attached hydrogen (secondary N) is 2. The molecule has 3 unspecified atom stereocenters. The van der Waals surface area contributed by atoms with Crippen LogP contribution in [0.4, 0.5) is 0 Å². The molecule has 0 radical (unpaired) electrons. The molecule has 27 heavy (non-hydrogen) atoms. The van der Waals surface area contributed by atoms with E-state index >= 15 is 0 Å². The zero-order valence-corrected chi connectivity index (χ0v) is 16.4. The van der Waals surface area contributed by atoms with Crippen LogP contribution in [0, 0.1) is 5.92 Å². The molecule has 2 heterocycles. The number of halogens is 1. The molecule has 2 aliphatic rings. The summed E-state index contributed by atoms with van der Waals surface area (Å²) in [6.07, 6.45) is 5.80. The van der Waals surface area contributed by atoms with Crippen LogP contribution in [0.2, 0.25) is 5.02 Å². The molecule has 2 aromatic carbocycles. The van der Waals surface area contributed by atoms with E-state index in [9.17, 15) is 0 Å².